The molecule has 0 aliphatic carbocycles. The van der Waals surface area contributed by atoms with Crippen LogP contribution in [-0.2, 0) is 32.0 Å². The molecule has 1 aromatic rings. The summed E-state index contributed by atoms with van der Waals surface area (Å²) in [6, 6.07) is 3.80. The molecule has 0 atom stereocenters. The molecule has 0 spiro atoms. The van der Waals surface area contributed by atoms with Crippen molar-refractivity contribution in [3.63, 3.8) is 0 Å². The fraction of sp³-hybridized carbons (Fsp3) is 0.143. The molecule has 0 aliphatic heterocycles. The average Bonchev–Trinajstić information content (AvgIpc) is 1.86. The number of hydrogen-bond donors (Lipinski definition) is 0. The van der Waals surface area contributed by atoms with Crippen molar-refractivity contribution in [1.82, 2.24) is 0 Å². The summed E-state index contributed by atoms with van der Waals surface area (Å²) in [5.41, 5.74) is -0.890. The SMILES string of the molecule is Fc1[c-]cc(C(F)(F)F)cc1.[Sc]. The maximum atomic E-state index is 12.1. The molecule has 0 saturated heterocycles. The van der Waals surface area contributed by atoms with E-state index in [-0.39, 0.29) is 25.8 Å². The fourth-order valence-electron chi connectivity index (χ4n) is 0.582. The average molecular weight is 208 g/mol. The molecule has 0 fully saturated rings. The Kier molecular flexibility index (Phi) is 4.10. The van der Waals surface area contributed by atoms with Crippen LogP contribution in [0, 0.1) is 11.9 Å². The minimum atomic E-state index is -4.41. The van der Waals surface area contributed by atoms with E-state index in [0.29, 0.717) is 12.1 Å². The first-order chi connectivity index (χ1) is 5.00. The second kappa shape index (κ2) is 4.16. The van der Waals surface area contributed by atoms with E-state index in [1.807, 2.05) is 6.07 Å². The van der Waals surface area contributed by atoms with Gasteiger partial charge >= 0.3 is 6.18 Å². The number of hydrogen-bond acceptors (Lipinski definition) is 0. The van der Waals surface area contributed by atoms with Crippen molar-refractivity contribution < 1.29 is 43.4 Å². The van der Waals surface area contributed by atoms with Gasteiger partial charge in [0.2, 0.25) is 0 Å². The van der Waals surface area contributed by atoms with Gasteiger partial charge in [-0.25, -0.2) is 4.39 Å². The van der Waals surface area contributed by atoms with E-state index < -0.39 is 17.6 Å². The summed E-state index contributed by atoms with van der Waals surface area (Å²) in [6.07, 6.45) is -4.41. The predicted molar refractivity (Wildman–Crippen MR) is 30.2 cm³/mol. The van der Waals surface area contributed by atoms with E-state index in [1.165, 1.54) is 0 Å². The van der Waals surface area contributed by atoms with Crippen LogP contribution in [0.1, 0.15) is 5.56 Å². The Hall–Kier alpha value is -0.190. The van der Waals surface area contributed by atoms with Crippen LogP contribution in [0.5, 0.6) is 0 Å². The number of rotatable bonds is 0. The number of benzene rings is 1. The van der Waals surface area contributed by atoms with Crippen LogP contribution in [0.3, 0.4) is 0 Å². The van der Waals surface area contributed by atoms with Gasteiger partial charge < -0.3 is 0 Å². The maximum absolute atomic E-state index is 12.1. The molecule has 1 rings (SSSR count). The summed E-state index contributed by atoms with van der Waals surface area (Å²) in [5, 5.41) is 0. The zero-order valence-electron chi connectivity index (χ0n) is 5.82. The van der Waals surface area contributed by atoms with Gasteiger partial charge in [0, 0.05) is 31.7 Å². The molecule has 0 amide bonds. The van der Waals surface area contributed by atoms with Crippen LogP contribution >= 0.6 is 0 Å². The molecule has 0 heterocycles. The van der Waals surface area contributed by atoms with Crippen LogP contribution in [0.4, 0.5) is 17.6 Å². The molecule has 0 N–H and O–H groups in total. The maximum Gasteiger partial charge on any atom is 0.370 e. The normalized spacial score (nSPS) is 10.7. The van der Waals surface area contributed by atoms with Crippen molar-refractivity contribution in [2.45, 2.75) is 6.18 Å². The van der Waals surface area contributed by atoms with Gasteiger partial charge in [0.1, 0.15) is 0 Å². The van der Waals surface area contributed by atoms with E-state index in [0.717, 1.165) is 6.07 Å². The number of alkyl halides is 3. The molecule has 0 aliphatic rings. The van der Waals surface area contributed by atoms with E-state index in [9.17, 15) is 17.6 Å². The Morgan fingerprint density at radius 2 is 1.75 bits per heavy atom. The first-order valence-electron chi connectivity index (χ1n) is 2.74. The Balaban J connectivity index is 0.00000121. The van der Waals surface area contributed by atoms with Crippen molar-refractivity contribution in [1.29, 1.82) is 0 Å². The summed E-state index contributed by atoms with van der Waals surface area (Å²) >= 11 is 0. The molecule has 63 valence electrons. The van der Waals surface area contributed by atoms with Crippen LogP contribution < -0.4 is 0 Å². The second-order valence-corrected chi connectivity index (χ2v) is 1.92. The Labute approximate surface area is 85.4 Å². The molecule has 0 aromatic heterocycles. The fourth-order valence-corrected chi connectivity index (χ4v) is 0.582. The van der Waals surface area contributed by atoms with Crippen molar-refractivity contribution in [3.05, 3.63) is 35.6 Å². The molecule has 1 radical (unpaired) electrons. The van der Waals surface area contributed by atoms with Gasteiger partial charge in [-0.1, -0.05) is 5.56 Å². The van der Waals surface area contributed by atoms with Gasteiger partial charge in [0.05, 0.1) is 0 Å². The van der Waals surface area contributed by atoms with Crippen molar-refractivity contribution in [3.8, 4) is 0 Å². The second-order valence-electron chi connectivity index (χ2n) is 1.92. The topological polar surface area (TPSA) is 0 Å². The summed E-state index contributed by atoms with van der Waals surface area (Å²) in [4.78, 5) is 0. The third-order valence-corrected chi connectivity index (χ3v) is 1.10. The van der Waals surface area contributed by atoms with Crippen LogP contribution in [0.15, 0.2) is 18.2 Å². The predicted octanol–water partition coefficient (Wildman–Crippen LogP) is 2.64. The van der Waals surface area contributed by atoms with Crippen molar-refractivity contribution in [2.75, 3.05) is 0 Å². The minimum absolute atomic E-state index is 0. The molecule has 0 bridgehead atoms. The molecular formula is C7H3F4Sc-. The minimum Gasteiger partial charge on any atom is -0.236 e. The first kappa shape index (κ1) is 11.8. The van der Waals surface area contributed by atoms with Crippen molar-refractivity contribution >= 4 is 0 Å². The summed E-state index contributed by atoms with van der Waals surface area (Å²) in [7, 11) is 0. The molecule has 0 unspecified atom stereocenters. The summed E-state index contributed by atoms with van der Waals surface area (Å²) < 4.78 is 47.4. The Morgan fingerprint density at radius 3 is 2.08 bits per heavy atom. The zero-order valence-corrected chi connectivity index (χ0v) is 7.62. The van der Waals surface area contributed by atoms with Crippen LogP contribution in [0.25, 0.3) is 0 Å². The quantitative estimate of drug-likeness (QED) is 0.454. The molecule has 12 heavy (non-hydrogen) atoms. The Bertz CT molecular complexity index is 239. The van der Waals surface area contributed by atoms with E-state index in [2.05, 4.69) is 0 Å². The number of halogens is 4. The van der Waals surface area contributed by atoms with Gasteiger partial charge in [-0.2, -0.15) is 25.3 Å². The largest absolute Gasteiger partial charge is 0.370 e. The molecule has 1 aromatic carbocycles. The first-order valence-corrected chi connectivity index (χ1v) is 2.74. The molecule has 0 saturated carbocycles. The standard InChI is InChI=1S/C7H3F4.Sc/c8-6-3-1-5(2-4-6)7(9,10)11;/h1-3H;/q-1;. The van der Waals surface area contributed by atoms with Gasteiger partial charge in [0.15, 0.2) is 0 Å². The molecule has 5 heteroatoms. The van der Waals surface area contributed by atoms with Gasteiger partial charge in [-0.3, -0.25) is 0 Å². The summed E-state index contributed by atoms with van der Waals surface area (Å²) in [5.74, 6) is -0.794. The van der Waals surface area contributed by atoms with Crippen LogP contribution in [0.2, 0.25) is 0 Å². The van der Waals surface area contributed by atoms with Gasteiger partial charge in [-0.15, -0.1) is 12.1 Å². The van der Waals surface area contributed by atoms with E-state index >= 15 is 0 Å². The van der Waals surface area contributed by atoms with Gasteiger partial charge in [0.25, 0.3) is 0 Å². The summed E-state index contributed by atoms with van der Waals surface area (Å²) in [6.45, 7) is 0. The smallest absolute Gasteiger partial charge is 0.236 e. The third-order valence-electron chi connectivity index (χ3n) is 1.10. The van der Waals surface area contributed by atoms with Crippen molar-refractivity contribution in [2.24, 2.45) is 0 Å². The monoisotopic (exact) mass is 208 g/mol. The molecule has 0 nitrogen and oxygen atoms in total. The zero-order chi connectivity index (χ0) is 8.48. The third kappa shape index (κ3) is 3.05. The van der Waals surface area contributed by atoms with E-state index in [1.54, 1.807) is 0 Å². The van der Waals surface area contributed by atoms with Crippen LogP contribution in [-0.4, -0.2) is 0 Å². The molecular weight excluding hydrogens is 205 g/mol. The van der Waals surface area contributed by atoms with E-state index in [4.69, 9.17) is 0 Å². The van der Waals surface area contributed by atoms with Gasteiger partial charge in [-0.05, 0) is 0 Å². The Morgan fingerprint density at radius 1 is 1.17 bits per heavy atom.